The molecule has 1 aromatic carbocycles. The molecule has 0 aliphatic rings. The zero-order valence-electron chi connectivity index (χ0n) is 16.4. The van der Waals surface area contributed by atoms with Crippen LogP contribution in [-0.2, 0) is 24.1 Å². The molecule has 0 spiro atoms. The van der Waals surface area contributed by atoms with E-state index in [-0.39, 0.29) is 12.5 Å². The van der Waals surface area contributed by atoms with Crippen LogP contribution in [0.2, 0.25) is 0 Å². The van der Waals surface area contributed by atoms with Crippen molar-refractivity contribution in [3.8, 4) is 0 Å². The largest absolute Gasteiger partial charge is 0.435 e. The number of benzene rings is 1. The van der Waals surface area contributed by atoms with Crippen LogP contribution in [-0.4, -0.2) is 25.5 Å². The van der Waals surface area contributed by atoms with Gasteiger partial charge in [-0.15, -0.1) is 0 Å². The lowest BCUT2D eigenvalue weighted by molar-refractivity contribution is -0.141. The van der Waals surface area contributed by atoms with Gasteiger partial charge in [0.15, 0.2) is 5.69 Å². The summed E-state index contributed by atoms with van der Waals surface area (Å²) in [5, 5.41) is 10.6. The van der Waals surface area contributed by atoms with Crippen molar-refractivity contribution in [3.63, 3.8) is 0 Å². The van der Waals surface area contributed by atoms with Crippen LogP contribution in [0.5, 0.6) is 0 Å². The second kappa shape index (κ2) is 8.10. The number of carbonyl (C=O) groups is 1. The maximum Gasteiger partial charge on any atom is 0.435 e. The lowest BCUT2D eigenvalue weighted by Crippen LogP contribution is -2.25. The third-order valence-corrected chi connectivity index (χ3v) is 4.49. The smallest absolute Gasteiger partial charge is 0.323 e. The van der Waals surface area contributed by atoms with E-state index < -0.39 is 17.8 Å². The SMILES string of the molecule is Cc1cccc(Cn2cc(NC(=O)C(C)Cn3nc(C(F)(F)F)cc3C)cn2)c1. The van der Waals surface area contributed by atoms with Crippen molar-refractivity contribution in [1.82, 2.24) is 19.6 Å². The summed E-state index contributed by atoms with van der Waals surface area (Å²) >= 11 is 0. The normalized spacial score (nSPS) is 12.8. The minimum Gasteiger partial charge on any atom is -0.323 e. The van der Waals surface area contributed by atoms with Crippen LogP contribution in [0.25, 0.3) is 0 Å². The first-order valence-electron chi connectivity index (χ1n) is 9.12. The van der Waals surface area contributed by atoms with Crippen molar-refractivity contribution in [3.05, 3.63) is 65.2 Å². The molecule has 29 heavy (non-hydrogen) atoms. The van der Waals surface area contributed by atoms with Gasteiger partial charge in [-0.3, -0.25) is 14.2 Å². The summed E-state index contributed by atoms with van der Waals surface area (Å²) in [6.07, 6.45) is -1.25. The Balaban J connectivity index is 1.60. The molecule has 2 aromatic heterocycles. The zero-order valence-corrected chi connectivity index (χ0v) is 16.4. The fraction of sp³-hybridized carbons (Fsp3) is 0.350. The number of nitrogens with zero attached hydrogens (tertiary/aromatic N) is 4. The Morgan fingerprint density at radius 3 is 2.66 bits per heavy atom. The molecule has 3 rings (SSSR count). The highest BCUT2D eigenvalue weighted by molar-refractivity contribution is 5.91. The molecule has 0 saturated heterocycles. The van der Waals surface area contributed by atoms with Gasteiger partial charge in [0.2, 0.25) is 5.91 Å². The molecule has 1 N–H and O–H groups in total. The highest BCUT2D eigenvalue weighted by atomic mass is 19.4. The van der Waals surface area contributed by atoms with Crippen molar-refractivity contribution in [1.29, 1.82) is 0 Å². The Morgan fingerprint density at radius 1 is 1.24 bits per heavy atom. The molecule has 0 radical (unpaired) electrons. The van der Waals surface area contributed by atoms with Crippen molar-refractivity contribution in [2.75, 3.05) is 5.32 Å². The fourth-order valence-corrected chi connectivity index (χ4v) is 2.95. The Hall–Kier alpha value is -3.10. The molecular weight excluding hydrogens is 383 g/mol. The van der Waals surface area contributed by atoms with Gasteiger partial charge in [0, 0.05) is 11.9 Å². The number of hydrogen-bond donors (Lipinski definition) is 1. The quantitative estimate of drug-likeness (QED) is 0.673. The first-order valence-corrected chi connectivity index (χ1v) is 9.12. The molecular formula is C20H22F3N5O. The summed E-state index contributed by atoms with van der Waals surface area (Å²) in [7, 11) is 0. The van der Waals surface area contributed by atoms with Gasteiger partial charge in [-0.1, -0.05) is 36.8 Å². The Bertz CT molecular complexity index is 1010. The van der Waals surface area contributed by atoms with E-state index in [0.29, 0.717) is 17.9 Å². The number of aromatic nitrogens is 4. The number of rotatable bonds is 6. The van der Waals surface area contributed by atoms with Crippen molar-refractivity contribution < 1.29 is 18.0 Å². The first kappa shape index (κ1) is 20.6. The van der Waals surface area contributed by atoms with Gasteiger partial charge in [-0.2, -0.15) is 23.4 Å². The third-order valence-electron chi connectivity index (χ3n) is 4.49. The Labute approximate surface area is 166 Å². The van der Waals surface area contributed by atoms with Gasteiger partial charge in [-0.25, -0.2) is 0 Å². The van der Waals surface area contributed by atoms with Gasteiger partial charge in [0.05, 0.1) is 30.9 Å². The van der Waals surface area contributed by atoms with E-state index in [9.17, 15) is 18.0 Å². The predicted molar refractivity (Wildman–Crippen MR) is 102 cm³/mol. The molecule has 0 saturated carbocycles. The van der Waals surface area contributed by atoms with Crippen molar-refractivity contribution in [2.45, 2.75) is 40.0 Å². The summed E-state index contributed by atoms with van der Waals surface area (Å²) in [5.74, 6) is -0.890. The highest BCUT2D eigenvalue weighted by Gasteiger charge is 2.34. The van der Waals surface area contributed by atoms with Crippen LogP contribution in [0.1, 0.15) is 29.4 Å². The third kappa shape index (κ3) is 5.24. The van der Waals surface area contributed by atoms with E-state index in [1.165, 1.54) is 11.6 Å². The first-order chi connectivity index (χ1) is 13.6. The fourth-order valence-electron chi connectivity index (χ4n) is 2.95. The molecule has 9 heteroatoms. The zero-order chi connectivity index (χ0) is 21.2. The standard InChI is InChI=1S/C20H22F3N5O/c1-13-5-4-6-16(7-13)11-27-12-17(9-24-27)25-19(29)14(2)10-28-15(3)8-18(26-28)20(21,22)23/h4-9,12,14H,10-11H2,1-3H3,(H,25,29). The number of amides is 1. The topological polar surface area (TPSA) is 64.7 Å². The molecule has 6 nitrogen and oxygen atoms in total. The molecule has 1 atom stereocenters. The average molecular weight is 405 g/mol. The summed E-state index contributed by atoms with van der Waals surface area (Å²) < 4.78 is 41.3. The minimum absolute atomic E-state index is 0.0468. The number of anilines is 1. The maximum atomic E-state index is 12.8. The number of halogens is 3. The number of nitrogens with one attached hydrogen (secondary N) is 1. The molecule has 0 aliphatic carbocycles. The Morgan fingerprint density at radius 2 is 2.00 bits per heavy atom. The summed E-state index contributed by atoms with van der Waals surface area (Å²) in [6.45, 7) is 5.80. The molecule has 0 fully saturated rings. The van der Waals surface area contributed by atoms with Crippen molar-refractivity contribution in [2.24, 2.45) is 5.92 Å². The molecule has 1 unspecified atom stereocenters. The van der Waals surface area contributed by atoms with E-state index in [1.807, 2.05) is 25.1 Å². The molecule has 0 aliphatic heterocycles. The van der Waals surface area contributed by atoms with Gasteiger partial charge in [-0.05, 0) is 25.5 Å². The number of alkyl halides is 3. The second-order valence-corrected chi connectivity index (χ2v) is 7.16. The maximum absolute atomic E-state index is 12.8. The van der Waals surface area contributed by atoms with Crippen LogP contribution in [0.3, 0.4) is 0 Å². The van der Waals surface area contributed by atoms with Crippen LogP contribution < -0.4 is 5.32 Å². The van der Waals surface area contributed by atoms with Gasteiger partial charge < -0.3 is 5.32 Å². The van der Waals surface area contributed by atoms with Crippen LogP contribution in [0.15, 0.2) is 42.7 Å². The lowest BCUT2D eigenvalue weighted by atomic mass is 10.1. The van der Waals surface area contributed by atoms with Gasteiger partial charge >= 0.3 is 6.18 Å². The van der Waals surface area contributed by atoms with E-state index in [1.54, 1.807) is 24.0 Å². The van der Waals surface area contributed by atoms with Crippen molar-refractivity contribution >= 4 is 11.6 Å². The lowest BCUT2D eigenvalue weighted by Gasteiger charge is -2.12. The van der Waals surface area contributed by atoms with Crippen LogP contribution >= 0.6 is 0 Å². The number of hydrogen-bond acceptors (Lipinski definition) is 3. The molecule has 0 bridgehead atoms. The van der Waals surface area contributed by atoms with E-state index in [0.717, 1.165) is 17.2 Å². The van der Waals surface area contributed by atoms with Crippen LogP contribution in [0, 0.1) is 19.8 Å². The minimum atomic E-state index is -4.51. The molecule has 154 valence electrons. The van der Waals surface area contributed by atoms with E-state index in [4.69, 9.17) is 0 Å². The molecule has 1 amide bonds. The highest BCUT2D eigenvalue weighted by Crippen LogP contribution is 2.28. The summed E-state index contributed by atoms with van der Waals surface area (Å²) in [4.78, 5) is 12.4. The monoisotopic (exact) mass is 405 g/mol. The van der Waals surface area contributed by atoms with E-state index >= 15 is 0 Å². The van der Waals surface area contributed by atoms with E-state index in [2.05, 4.69) is 21.6 Å². The second-order valence-electron chi connectivity index (χ2n) is 7.16. The molecule has 2 heterocycles. The predicted octanol–water partition coefficient (Wildman–Crippen LogP) is 4.04. The van der Waals surface area contributed by atoms with Crippen LogP contribution in [0.4, 0.5) is 18.9 Å². The number of carbonyl (C=O) groups excluding carboxylic acids is 1. The average Bonchev–Trinajstić information content (AvgIpc) is 3.21. The molecule has 3 aromatic rings. The Kier molecular flexibility index (Phi) is 5.76. The summed E-state index contributed by atoms with van der Waals surface area (Å²) in [5.41, 5.74) is 2.17. The van der Waals surface area contributed by atoms with Gasteiger partial charge in [0.1, 0.15) is 0 Å². The summed E-state index contributed by atoms with van der Waals surface area (Å²) in [6, 6.07) is 9.01. The number of aryl methyl sites for hydroxylation is 2. The van der Waals surface area contributed by atoms with Gasteiger partial charge in [0.25, 0.3) is 0 Å².